The molecule has 0 amide bonds. The number of aliphatic hydroxyl groups is 1. The van der Waals surface area contributed by atoms with Crippen molar-refractivity contribution in [2.24, 2.45) is 33.8 Å². The molecule has 0 spiro atoms. The van der Waals surface area contributed by atoms with Gasteiger partial charge >= 0.3 is 0 Å². The monoisotopic (exact) mass is 589 g/mol. The molecule has 0 aliphatic heterocycles. The summed E-state index contributed by atoms with van der Waals surface area (Å²) in [6.07, 6.45) is 21.9. The molecule has 0 radical (unpaired) electrons. The minimum atomic E-state index is -0.547. The molecule has 3 heteroatoms. The molecule has 0 aromatic heterocycles. The van der Waals surface area contributed by atoms with Gasteiger partial charge < -0.3 is 10.8 Å². The third-order valence-electron chi connectivity index (χ3n) is 10.6. The fourth-order valence-corrected chi connectivity index (χ4v) is 7.32. The fourth-order valence-electron chi connectivity index (χ4n) is 7.32. The van der Waals surface area contributed by atoms with Crippen LogP contribution >= 0.6 is 0 Å². The molecule has 3 nitrogen and oxygen atoms in total. The molecule has 1 fully saturated rings. The van der Waals surface area contributed by atoms with Gasteiger partial charge in [-0.1, -0.05) is 130 Å². The highest BCUT2D eigenvalue weighted by molar-refractivity contribution is 5.32. The molecule has 248 valence electrons. The molecule has 3 rings (SSSR count). The van der Waals surface area contributed by atoms with Crippen LogP contribution in [0.4, 0.5) is 0 Å². The molecule has 42 heavy (non-hydrogen) atoms. The van der Waals surface area contributed by atoms with E-state index in [9.17, 15) is 5.11 Å². The van der Waals surface area contributed by atoms with Crippen LogP contribution in [0.2, 0.25) is 0 Å². The minimum absolute atomic E-state index is 0.359. The molecule has 3 aliphatic rings. The average molecular weight is 589 g/mol. The molecular formula is C39H76N2O. The van der Waals surface area contributed by atoms with Gasteiger partial charge in [-0.05, 0) is 112 Å². The van der Waals surface area contributed by atoms with E-state index in [2.05, 4.69) is 72.2 Å². The first kappa shape index (κ1) is 41.1. The molecule has 0 aromatic carbocycles. The van der Waals surface area contributed by atoms with E-state index in [0.717, 1.165) is 29.7 Å². The third-order valence-corrected chi connectivity index (χ3v) is 10.6. The number of allylic oxidation sites excluding steroid dienone is 4. The molecule has 3 unspecified atom stereocenters. The maximum absolute atomic E-state index is 9.82. The van der Waals surface area contributed by atoms with Crippen molar-refractivity contribution in [3.8, 4) is 0 Å². The molecule has 3 aliphatic carbocycles. The van der Waals surface area contributed by atoms with Crippen molar-refractivity contribution in [1.82, 2.24) is 5.32 Å². The van der Waals surface area contributed by atoms with Gasteiger partial charge in [0.15, 0.2) is 0 Å². The van der Waals surface area contributed by atoms with Crippen LogP contribution in [-0.4, -0.2) is 25.4 Å². The van der Waals surface area contributed by atoms with E-state index in [-0.39, 0.29) is 0 Å². The summed E-state index contributed by atoms with van der Waals surface area (Å²) in [5.41, 5.74) is 11.8. The second-order valence-corrected chi connectivity index (χ2v) is 15.0. The number of likely N-dealkylation sites (N-methyl/N-ethyl adjacent to an activating group) is 1. The van der Waals surface area contributed by atoms with Gasteiger partial charge in [0.1, 0.15) is 6.23 Å². The van der Waals surface area contributed by atoms with Crippen LogP contribution in [0.5, 0.6) is 0 Å². The highest BCUT2D eigenvalue weighted by Crippen LogP contribution is 2.56. The Balaban J connectivity index is 0.000000876. The first-order valence-electron chi connectivity index (χ1n) is 17.7. The van der Waals surface area contributed by atoms with Crippen LogP contribution in [0.25, 0.3) is 0 Å². The first-order chi connectivity index (χ1) is 19.7. The van der Waals surface area contributed by atoms with E-state index in [0.29, 0.717) is 16.7 Å². The van der Waals surface area contributed by atoms with Crippen LogP contribution < -0.4 is 11.1 Å². The number of hydrogen-bond acceptors (Lipinski definition) is 3. The maximum atomic E-state index is 9.82. The lowest BCUT2D eigenvalue weighted by Crippen LogP contribution is -2.36. The molecule has 3 atom stereocenters. The normalized spacial score (nSPS) is 24.9. The Kier molecular flexibility index (Phi) is 19.8. The van der Waals surface area contributed by atoms with Crippen molar-refractivity contribution >= 4 is 0 Å². The number of nitrogens with one attached hydrogen (secondary N) is 1. The van der Waals surface area contributed by atoms with Crippen molar-refractivity contribution in [3.05, 3.63) is 34.9 Å². The molecule has 4 N–H and O–H groups in total. The smallest absolute Gasteiger partial charge is 0.126 e. The van der Waals surface area contributed by atoms with Crippen molar-refractivity contribution in [3.63, 3.8) is 0 Å². The minimum Gasteiger partial charge on any atom is -0.375 e. The van der Waals surface area contributed by atoms with E-state index in [1.807, 2.05) is 20.8 Å². The van der Waals surface area contributed by atoms with Crippen LogP contribution in [0.3, 0.4) is 0 Å². The lowest BCUT2D eigenvalue weighted by Gasteiger charge is -2.49. The fraction of sp³-hybridized carbons (Fsp3) is 0.846. The van der Waals surface area contributed by atoms with E-state index in [1.165, 1.54) is 96.1 Å². The quantitative estimate of drug-likeness (QED) is 0.135. The lowest BCUT2D eigenvalue weighted by molar-refractivity contribution is 0.182. The lowest BCUT2D eigenvalue weighted by atomic mass is 9.56. The topological polar surface area (TPSA) is 58.3 Å². The van der Waals surface area contributed by atoms with Gasteiger partial charge in [-0.15, -0.1) is 0 Å². The van der Waals surface area contributed by atoms with Gasteiger partial charge in [0.05, 0.1) is 0 Å². The standard InChI is InChI=1S/C24H41NO.C12H24.C2H6.CH5N/c1-16(9-10-17(2)22(26)25-8)13-19-15-21-20(14-18(19)3)23(4,5)11-12-24(21,6)7;1-3-4-6-9-12(2)10-7-5-8-11-12;2*1-2/h10,18-19,22,25-26H,1,9,11-15H2,2-8H3;3-11H2,1-2H3;1-2H3;2H2,1H3/b17-10+;;;. The number of hydrogen-bond donors (Lipinski definition) is 3. The van der Waals surface area contributed by atoms with E-state index >= 15 is 0 Å². The van der Waals surface area contributed by atoms with Crippen molar-refractivity contribution in [2.75, 3.05) is 14.1 Å². The van der Waals surface area contributed by atoms with Gasteiger partial charge in [-0.2, -0.15) is 0 Å². The van der Waals surface area contributed by atoms with E-state index in [1.54, 1.807) is 18.2 Å². The maximum Gasteiger partial charge on any atom is 0.126 e. The third kappa shape index (κ3) is 13.4. The van der Waals surface area contributed by atoms with Crippen LogP contribution in [0, 0.1) is 28.1 Å². The summed E-state index contributed by atoms with van der Waals surface area (Å²) in [5, 5.41) is 12.7. The Morgan fingerprint density at radius 2 is 1.48 bits per heavy atom. The summed E-state index contributed by atoms with van der Waals surface area (Å²) in [6.45, 7) is 27.3. The summed E-state index contributed by atoms with van der Waals surface area (Å²) in [4.78, 5) is 0. The number of aliphatic hydroxyl groups excluding tert-OH is 1. The molecule has 1 saturated carbocycles. The van der Waals surface area contributed by atoms with Crippen LogP contribution in [0.1, 0.15) is 166 Å². The zero-order chi connectivity index (χ0) is 32.6. The summed E-state index contributed by atoms with van der Waals surface area (Å²) >= 11 is 0. The SMILES string of the molecule is C=C(C/C=C(\C)C(O)NC)CC1CC2=C(CC1C)C(C)(C)CCC2(C)C.CC.CCCCCC1(C)CCCCC1.CN. The second kappa shape index (κ2) is 20.2. The Morgan fingerprint density at radius 1 is 0.952 bits per heavy atom. The first-order valence-corrected chi connectivity index (χ1v) is 17.7. The predicted molar refractivity (Wildman–Crippen MR) is 190 cm³/mol. The molecule has 0 bridgehead atoms. The van der Waals surface area contributed by atoms with Crippen molar-refractivity contribution < 1.29 is 5.11 Å². The van der Waals surface area contributed by atoms with Gasteiger partial charge in [0.25, 0.3) is 0 Å². The van der Waals surface area contributed by atoms with Crippen LogP contribution in [0.15, 0.2) is 34.9 Å². The Morgan fingerprint density at radius 3 is 1.98 bits per heavy atom. The zero-order valence-electron chi connectivity index (χ0n) is 30.6. The molecule has 0 aromatic rings. The summed E-state index contributed by atoms with van der Waals surface area (Å²) < 4.78 is 0. The van der Waals surface area contributed by atoms with Gasteiger partial charge in [0.2, 0.25) is 0 Å². The number of rotatable bonds is 10. The largest absolute Gasteiger partial charge is 0.375 e. The average Bonchev–Trinajstić information content (AvgIpc) is 2.97. The van der Waals surface area contributed by atoms with E-state index < -0.39 is 6.23 Å². The molecular weight excluding hydrogens is 512 g/mol. The Labute approximate surface area is 264 Å². The zero-order valence-corrected chi connectivity index (χ0v) is 30.6. The number of unbranched alkanes of at least 4 members (excludes halogenated alkanes) is 2. The molecule has 0 saturated heterocycles. The summed E-state index contributed by atoms with van der Waals surface area (Å²) in [6, 6.07) is 0. The summed E-state index contributed by atoms with van der Waals surface area (Å²) in [7, 11) is 3.28. The number of nitrogens with two attached hydrogens (primary N) is 1. The van der Waals surface area contributed by atoms with Gasteiger partial charge in [-0.25, -0.2) is 0 Å². The van der Waals surface area contributed by atoms with Gasteiger partial charge in [0, 0.05) is 0 Å². The Hall–Kier alpha value is -0.900. The second-order valence-electron chi connectivity index (χ2n) is 15.0. The summed E-state index contributed by atoms with van der Waals surface area (Å²) in [5.74, 6) is 1.43. The van der Waals surface area contributed by atoms with E-state index in [4.69, 9.17) is 0 Å². The van der Waals surface area contributed by atoms with Gasteiger partial charge in [-0.3, -0.25) is 5.32 Å². The van der Waals surface area contributed by atoms with Crippen molar-refractivity contribution in [2.45, 2.75) is 172 Å². The highest BCUT2D eigenvalue weighted by Gasteiger charge is 2.43. The predicted octanol–water partition coefficient (Wildman–Crippen LogP) is 11.1. The highest BCUT2D eigenvalue weighted by atomic mass is 16.3. The molecule has 0 heterocycles. The van der Waals surface area contributed by atoms with Crippen LogP contribution in [-0.2, 0) is 0 Å². The van der Waals surface area contributed by atoms with Crippen molar-refractivity contribution in [1.29, 1.82) is 0 Å². The Bertz CT molecular complexity index is 812.